The van der Waals surface area contributed by atoms with Crippen LogP contribution >= 0.6 is 0 Å². The van der Waals surface area contributed by atoms with Crippen molar-refractivity contribution in [3.8, 4) is 11.3 Å². The first-order valence-corrected chi connectivity index (χ1v) is 7.40. The molecule has 1 aliphatic heterocycles. The molecule has 1 N–H and O–H groups in total. The Bertz CT molecular complexity index is 738. The Morgan fingerprint density at radius 3 is 2.67 bits per heavy atom. The predicted octanol–water partition coefficient (Wildman–Crippen LogP) is 2.63. The van der Waals surface area contributed by atoms with E-state index in [2.05, 4.69) is 10.2 Å². The predicted molar refractivity (Wildman–Crippen MR) is 80.0 cm³/mol. The number of carbonyl (C=O) groups is 1. The molecular weight excluding hydrogens is 323 g/mol. The van der Waals surface area contributed by atoms with E-state index < -0.39 is 11.7 Å². The maximum Gasteiger partial charge on any atom is 0.416 e. The zero-order valence-corrected chi connectivity index (χ0v) is 13.0. The highest BCUT2D eigenvalue weighted by atomic mass is 19.4. The average Bonchev–Trinajstić information content (AvgIpc) is 2.97. The van der Waals surface area contributed by atoms with E-state index in [1.54, 1.807) is 4.90 Å². The molecule has 0 saturated heterocycles. The first-order chi connectivity index (χ1) is 11.4. The van der Waals surface area contributed by atoms with Crippen LogP contribution in [0, 0.1) is 0 Å². The third-order valence-corrected chi connectivity index (χ3v) is 4.04. The van der Waals surface area contributed by atoms with Crippen molar-refractivity contribution in [2.24, 2.45) is 0 Å². The van der Waals surface area contributed by atoms with Gasteiger partial charge in [0.1, 0.15) is 6.61 Å². The van der Waals surface area contributed by atoms with Crippen LogP contribution in [0.2, 0.25) is 0 Å². The highest BCUT2D eigenvalue weighted by Crippen LogP contribution is 2.33. The topological polar surface area (TPSA) is 58.2 Å². The Morgan fingerprint density at radius 2 is 2.04 bits per heavy atom. The number of aromatic amines is 1. The number of hydrogen-bond donors (Lipinski definition) is 1. The van der Waals surface area contributed by atoms with Crippen LogP contribution < -0.4 is 0 Å². The number of aromatic nitrogens is 2. The van der Waals surface area contributed by atoms with Crippen LogP contribution in [0.5, 0.6) is 0 Å². The summed E-state index contributed by atoms with van der Waals surface area (Å²) < 4.78 is 42.9. The highest BCUT2D eigenvalue weighted by molar-refractivity contribution is 5.78. The number of ether oxygens (including phenoxy) is 1. The molecule has 5 nitrogen and oxygen atoms in total. The monoisotopic (exact) mass is 339 g/mol. The summed E-state index contributed by atoms with van der Waals surface area (Å²) in [7, 11) is 1.46. The number of nitrogens with one attached hydrogen (secondary N) is 1. The summed E-state index contributed by atoms with van der Waals surface area (Å²) >= 11 is 0. The van der Waals surface area contributed by atoms with E-state index in [1.807, 2.05) is 0 Å². The SMILES string of the molecule is COCC(=O)N1CCc2[nH]nc(-c3ccc(C(F)(F)F)cc3)c2C1. The van der Waals surface area contributed by atoms with E-state index in [1.165, 1.54) is 19.2 Å². The van der Waals surface area contributed by atoms with Gasteiger partial charge < -0.3 is 9.64 Å². The second kappa shape index (κ2) is 6.27. The minimum Gasteiger partial charge on any atom is -0.375 e. The third kappa shape index (κ3) is 3.14. The molecule has 24 heavy (non-hydrogen) atoms. The number of hydrogen-bond acceptors (Lipinski definition) is 3. The lowest BCUT2D eigenvalue weighted by molar-refractivity contribution is -0.137. The van der Waals surface area contributed by atoms with Gasteiger partial charge in [-0.2, -0.15) is 18.3 Å². The van der Waals surface area contributed by atoms with Gasteiger partial charge >= 0.3 is 6.18 Å². The van der Waals surface area contributed by atoms with Gasteiger partial charge in [-0.1, -0.05) is 12.1 Å². The van der Waals surface area contributed by atoms with Gasteiger partial charge in [-0.25, -0.2) is 0 Å². The molecule has 0 fully saturated rings. The van der Waals surface area contributed by atoms with E-state index in [0.29, 0.717) is 30.8 Å². The van der Waals surface area contributed by atoms with Crippen LogP contribution in [0.25, 0.3) is 11.3 Å². The van der Waals surface area contributed by atoms with E-state index in [0.717, 1.165) is 23.4 Å². The molecule has 0 bridgehead atoms. The van der Waals surface area contributed by atoms with Crippen molar-refractivity contribution in [1.82, 2.24) is 15.1 Å². The number of benzene rings is 1. The standard InChI is InChI=1S/C16H16F3N3O2/c1-24-9-14(23)22-7-6-13-12(8-22)15(21-20-13)10-2-4-11(5-3-10)16(17,18)19/h2-5H,6-9H2,1H3,(H,20,21). The summed E-state index contributed by atoms with van der Waals surface area (Å²) in [6, 6.07) is 4.87. The summed E-state index contributed by atoms with van der Waals surface area (Å²) in [4.78, 5) is 13.6. The second-order valence-electron chi connectivity index (χ2n) is 5.60. The van der Waals surface area contributed by atoms with Gasteiger partial charge in [0.2, 0.25) is 5.91 Å². The molecule has 128 valence electrons. The van der Waals surface area contributed by atoms with Crippen LogP contribution in [0.4, 0.5) is 13.2 Å². The van der Waals surface area contributed by atoms with Gasteiger partial charge in [-0.05, 0) is 12.1 Å². The molecule has 2 heterocycles. The molecule has 0 atom stereocenters. The molecule has 0 spiro atoms. The molecule has 0 saturated carbocycles. The molecule has 3 rings (SSSR count). The Balaban J connectivity index is 1.87. The number of alkyl halides is 3. The molecule has 8 heteroatoms. The quantitative estimate of drug-likeness (QED) is 0.935. The smallest absolute Gasteiger partial charge is 0.375 e. The summed E-state index contributed by atoms with van der Waals surface area (Å²) in [6.07, 6.45) is -3.74. The van der Waals surface area contributed by atoms with E-state index >= 15 is 0 Å². The minimum atomic E-state index is -4.37. The van der Waals surface area contributed by atoms with Gasteiger partial charge in [0.25, 0.3) is 0 Å². The van der Waals surface area contributed by atoms with E-state index in [4.69, 9.17) is 4.74 Å². The van der Waals surface area contributed by atoms with Crippen LogP contribution in [0.15, 0.2) is 24.3 Å². The number of fused-ring (bicyclic) bond motifs is 1. The van der Waals surface area contributed by atoms with Crippen molar-refractivity contribution in [3.05, 3.63) is 41.1 Å². The van der Waals surface area contributed by atoms with E-state index in [-0.39, 0.29) is 12.5 Å². The van der Waals surface area contributed by atoms with Gasteiger partial charge in [-0.15, -0.1) is 0 Å². The Kier molecular flexibility index (Phi) is 4.31. The third-order valence-electron chi connectivity index (χ3n) is 4.04. The Labute approximate surface area is 136 Å². The lowest BCUT2D eigenvalue weighted by Gasteiger charge is -2.27. The number of rotatable bonds is 3. The van der Waals surface area contributed by atoms with Crippen molar-refractivity contribution in [2.45, 2.75) is 19.1 Å². The largest absolute Gasteiger partial charge is 0.416 e. The lowest BCUT2D eigenvalue weighted by Crippen LogP contribution is -2.37. The fraction of sp³-hybridized carbons (Fsp3) is 0.375. The number of halogens is 3. The molecule has 0 unspecified atom stereocenters. The fourth-order valence-corrected chi connectivity index (χ4v) is 2.78. The van der Waals surface area contributed by atoms with Crippen molar-refractivity contribution in [2.75, 3.05) is 20.3 Å². The van der Waals surface area contributed by atoms with Gasteiger partial charge in [-0.3, -0.25) is 9.89 Å². The molecule has 1 amide bonds. The maximum atomic E-state index is 12.7. The van der Waals surface area contributed by atoms with Crippen molar-refractivity contribution in [3.63, 3.8) is 0 Å². The summed E-state index contributed by atoms with van der Waals surface area (Å²) in [5.41, 5.74) is 2.21. The van der Waals surface area contributed by atoms with Gasteiger partial charge in [0.05, 0.1) is 11.3 Å². The molecular formula is C16H16F3N3O2. The van der Waals surface area contributed by atoms with Crippen molar-refractivity contribution in [1.29, 1.82) is 0 Å². The van der Waals surface area contributed by atoms with Crippen LogP contribution in [0.3, 0.4) is 0 Å². The van der Waals surface area contributed by atoms with Crippen LogP contribution in [-0.2, 0) is 28.7 Å². The summed E-state index contributed by atoms with van der Waals surface area (Å²) in [6.45, 7) is 0.928. The van der Waals surface area contributed by atoms with Crippen LogP contribution in [0.1, 0.15) is 16.8 Å². The van der Waals surface area contributed by atoms with Gasteiger partial charge in [0.15, 0.2) is 0 Å². The number of amides is 1. The first kappa shape index (κ1) is 16.5. The zero-order chi connectivity index (χ0) is 17.3. The number of nitrogens with zero attached hydrogens (tertiary/aromatic N) is 2. The summed E-state index contributed by atoms with van der Waals surface area (Å²) in [5, 5.41) is 7.14. The van der Waals surface area contributed by atoms with Crippen LogP contribution in [-0.4, -0.2) is 41.3 Å². The molecule has 0 radical (unpaired) electrons. The van der Waals surface area contributed by atoms with Crippen molar-refractivity contribution < 1.29 is 22.7 Å². The Hall–Kier alpha value is -2.35. The van der Waals surface area contributed by atoms with E-state index in [9.17, 15) is 18.0 Å². The number of H-pyrrole nitrogens is 1. The molecule has 0 aliphatic carbocycles. The number of carbonyl (C=O) groups excluding carboxylic acids is 1. The Morgan fingerprint density at radius 1 is 1.33 bits per heavy atom. The maximum absolute atomic E-state index is 12.7. The molecule has 1 aromatic heterocycles. The highest BCUT2D eigenvalue weighted by Gasteiger charge is 2.30. The molecule has 1 aliphatic rings. The normalized spacial score (nSPS) is 14.6. The lowest BCUT2D eigenvalue weighted by atomic mass is 10.00. The van der Waals surface area contributed by atoms with Gasteiger partial charge in [0, 0.05) is 43.4 Å². The average molecular weight is 339 g/mol. The minimum absolute atomic E-state index is 0.00278. The zero-order valence-electron chi connectivity index (χ0n) is 13.0. The number of methoxy groups -OCH3 is 1. The summed E-state index contributed by atoms with van der Waals surface area (Å²) in [5.74, 6) is -0.122. The first-order valence-electron chi connectivity index (χ1n) is 7.40. The second-order valence-corrected chi connectivity index (χ2v) is 5.60. The molecule has 2 aromatic rings. The molecule has 1 aromatic carbocycles. The fourth-order valence-electron chi connectivity index (χ4n) is 2.78. The van der Waals surface area contributed by atoms with Crippen molar-refractivity contribution >= 4 is 5.91 Å².